The van der Waals surface area contributed by atoms with Gasteiger partial charge in [-0.1, -0.05) is 11.8 Å². The van der Waals surface area contributed by atoms with Gasteiger partial charge in [0, 0.05) is 11.1 Å². The predicted molar refractivity (Wildman–Crippen MR) is 73.9 cm³/mol. The molecule has 0 bridgehead atoms. The minimum atomic E-state index is -0.705. The molecule has 3 nitrogen and oxygen atoms in total. The number of carbonyl (C=O) groups is 1. The van der Waals surface area contributed by atoms with Gasteiger partial charge < -0.3 is 10.5 Å². The van der Waals surface area contributed by atoms with Crippen LogP contribution in [0.1, 0.15) is 21.5 Å². The molecular formula is C16H12FNO2. The van der Waals surface area contributed by atoms with Crippen molar-refractivity contribution in [2.75, 3.05) is 7.11 Å². The van der Waals surface area contributed by atoms with Gasteiger partial charge in [-0.05, 0) is 42.5 Å². The van der Waals surface area contributed by atoms with Crippen LogP contribution in [-0.4, -0.2) is 13.0 Å². The van der Waals surface area contributed by atoms with E-state index in [9.17, 15) is 9.18 Å². The minimum absolute atomic E-state index is 0.0750. The molecule has 4 heteroatoms. The van der Waals surface area contributed by atoms with Gasteiger partial charge in [-0.2, -0.15) is 0 Å². The lowest BCUT2D eigenvalue weighted by Crippen LogP contribution is -2.13. The molecule has 2 rings (SSSR count). The van der Waals surface area contributed by atoms with Crippen LogP contribution in [0.2, 0.25) is 0 Å². The molecule has 2 aromatic rings. The second-order valence-electron chi connectivity index (χ2n) is 4.03. The zero-order chi connectivity index (χ0) is 14.5. The molecule has 0 heterocycles. The Labute approximate surface area is 116 Å². The Bertz CT molecular complexity index is 697. The molecule has 0 saturated heterocycles. The smallest absolute Gasteiger partial charge is 0.250 e. The molecule has 0 aliphatic heterocycles. The van der Waals surface area contributed by atoms with E-state index >= 15 is 0 Å². The minimum Gasteiger partial charge on any atom is -0.497 e. The Hall–Kier alpha value is -2.80. The van der Waals surface area contributed by atoms with Gasteiger partial charge >= 0.3 is 0 Å². The van der Waals surface area contributed by atoms with Crippen LogP contribution in [0.4, 0.5) is 4.39 Å². The van der Waals surface area contributed by atoms with E-state index in [-0.39, 0.29) is 5.56 Å². The third kappa shape index (κ3) is 3.15. The number of methoxy groups -OCH3 is 1. The lowest BCUT2D eigenvalue weighted by molar-refractivity contribution is 0.0999. The first-order valence-electron chi connectivity index (χ1n) is 5.85. The van der Waals surface area contributed by atoms with Crippen LogP contribution in [0.15, 0.2) is 42.5 Å². The van der Waals surface area contributed by atoms with Gasteiger partial charge in [0.1, 0.15) is 11.6 Å². The lowest BCUT2D eigenvalue weighted by Gasteiger charge is -2.00. The summed E-state index contributed by atoms with van der Waals surface area (Å²) < 4.78 is 18.1. The summed E-state index contributed by atoms with van der Waals surface area (Å²) in [5.41, 5.74) is 6.43. The number of hydrogen-bond donors (Lipinski definition) is 1. The second-order valence-corrected chi connectivity index (χ2v) is 4.03. The predicted octanol–water partition coefficient (Wildman–Crippen LogP) is 2.33. The number of rotatable bonds is 2. The maximum absolute atomic E-state index is 13.1. The number of halogens is 1. The Morgan fingerprint density at radius 3 is 2.45 bits per heavy atom. The molecule has 0 spiro atoms. The first kappa shape index (κ1) is 13.6. The number of nitrogens with two attached hydrogens (primary N) is 1. The van der Waals surface area contributed by atoms with Crippen LogP contribution in [0.5, 0.6) is 5.75 Å². The SMILES string of the molecule is COc1ccc(C#Cc2ccc(F)cc2C(N)=O)cc1. The highest BCUT2D eigenvalue weighted by molar-refractivity contribution is 5.95. The van der Waals surface area contributed by atoms with Crippen molar-refractivity contribution in [3.05, 3.63) is 65.0 Å². The quantitative estimate of drug-likeness (QED) is 0.851. The van der Waals surface area contributed by atoms with Crippen molar-refractivity contribution in [3.63, 3.8) is 0 Å². The van der Waals surface area contributed by atoms with Crippen molar-refractivity contribution in [2.24, 2.45) is 5.73 Å². The summed E-state index contributed by atoms with van der Waals surface area (Å²) in [4.78, 5) is 11.2. The fourth-order valence-electron chi connectivity index (χ4n) is 1.64. The monoisotopic (exact) mass is 269 g/mol. The van der Waals surface area contributed by atoms with Gasteiger partial charge in [0.05, 0.1) is 12.7 Å². The number of amides is 1. The molecule has 2 N–H and O–H groups in total. The topological polar surface area (TPSA) is 52.3 Å². The van der Waals surface area contributed by atoms with E-state index in [2.05, 4.69) is 11.8 Å². The summed E-state index contributed by atoms with van der Waals surface area (Å²) >= 11 is 0. The Kier molecular flexibility index (Phi) is 4.02. The van der Waals surface area contributed by atoms with Gasteiger partial charge in [0.2, 0.25) is 5.91 Å². The van der Waals surface area contributed by atoms with Crippen LogP contribution in [0, 0.1) is 17.7 Å². The van der Waals surface area contributed by atoms with E-state index in [1.807, 2.05) is 0 Å². The van der Waals surface area contributed by atoms with Crippen molar-refractivity contribution in [3.8, 4) is 17.6 Å². The van der Waals surface area contributed by atoms with Crippen molar-refractivity contribution in [2.45, 2.75) is 0 Å². The molecule has 0 fully saturated rings. The van der Waals surface area contributed by atoms with Crippen LogP contribution >= 0.6 is 0 Å². The van der Waals surface area contributed by atoms with E-state index in [4.69, 9.17) is 10.5 Å². The summed E-state index contributed by atoms with van der Waals surface area (Å²) in [6.07, 6.45) is 0. The molecule has 0 radical (unpaired) electrons. The number of benzene rings is 2. The van der Waals surface area contributed by atoms with Crippen LogP contribution in [-0.2, 0) is 0 Å². The summed E-state index contributed by atoms with van der Waals surface area (Å²) in [6.45, 7) is 0. The van der Waals surface area contributed by atoms with Crippen molar-refractivity contribution < 1.29 is 13.9 Å². The van der Waals surface area contributed by atoms with Gasteiger partial charge in [-0.3, -0.25) is 4.79 Å². The van der Waals surface area contributed by atoms with Crippen LogP contribution in [0.3, 0.4) is 0 Å². The van der Waals surface area contributed by atoms with Crippen molar-refractivity contribution in [1.82, 2.24) is 0 Å². The van der Waals surface area contributed by atoms with Crippen LogP contribution < -0.4 is 10.5 Å². The molecule has 2 aromatic carbocycles. The van der Waals surface area contributed by atoms with Gasteiger partial charge in [-0.25, -0.2) is 4.39 Å². The molecule has 0 unspecified atom stereocenters. The molecular weight excluding hydrogens is 257 g/mol. The Morgan fingerprint density at radius 1 is 1.15 bits per heavy atom. The number of ether oxygens (including phenoxy) is 1. The summed E-state index contributed by atoms with van der Waals surface area (Å²) in [7, 11) is 1.58. The summed E-state index contributed by atoms with van der Waals surface area (Å²) in [6, 6.07) is 10.9. The lowest BCUT2D eigenvalue weighted by atomic mass is 10.1. The summed E-state index contributed by atoms with van der Waals surface area (Å²) in [5, 5.41) is 0. The Balaban J connectivity index is 2.34. The normalized spacial score (nSPS) is 9.50. The van der Waals surface area contributed by atoms with Crippen molar-refractivity contribution in [1.29, 1.82) is 0 Å². The molecule has 0 aromatic heterocycles. The largest absolute Gasteiger partial charge is 0.497 e. The zero-order valence-corrected chi connectivity index (χ0v) is 10.8. The van der Waals surface area contributed by atoms with Gasteiger partial charge in [-0.15, -0.1) is 0 Å². The number of hydrogen-bond acceptors (Lipinski definition) is 2. The molecule has 0 aliphatic carbocycles. The fraction of sp³-hybridized carbons (Fsp3) is 0.0625. The summed E-state index contributed by atoms with van der Waals surface area (Å²) in [5.74, 6) is 5.22. The maximum Gasteiger partial charge on any atom is 0.250 e. The van der Waals surface area contributed by atoms with Gasteiger partial charge in [0.15, 0.2) is 0 Å². The first-order chi connectivity index (χ1) is 9.60. The number of primary amides is 1. The third-order valence-electron chi connectivity index (χ3n) is 2.68. The van der Waals surface area contributed by atoms with Crippen molar-refractivity contribution >= 4 is 5.91 Å². The zero-order valence-electron chi connectivity index (χ0n) is 10.8. The highest BCUT2D eigenvalue weighted by Crippen LogP contribution is 2.12. The van der Waals surface area contributed by atoms with Gasteiger partial charge in [0.25, 0.3) is 0 Å². The van der Waals surface area contributed by atoms with E-state index in [1.165, 1.54) is 12.1 Å². The molecule has 0 aliphatic rings. The average Bonchev–Trinajstić information content (AvgIpc) is 2.46. The maximum atomic E-state index is 13.1. The molecule has 100 valence electrons. The third-order valence-corrected chi connectivity index (χ3v) is 2.68. The van der Waals surface area contributed by atoms with E-state index in [0.717, 1.165) is 17.4 Å². The second kappa shape index (κ2) is 5.89. The molecule has 0 atom stereocenters. The van der Waals surface area contributed by atoms with Crippen LogP contribution in [0.25, 0.3) is 0 Å². The first-order valence-corrected chi connectivity index (χ1v) is 5.85. The number of carbonyl (C=O) groups excluding carboxylic acids is 1. The highest BCUT2D eigenvalue weighted by Gasteiger charge is 2.07. The molecule has 1 amide bonds. The highest BCUT2D eigenvalue weighted by atomic mass is 19.1. The molecule has 20 heavy (non-hydrogen) atoms. The standard InChI is InChI=1S/C16H12FNO2/c1-20-14-8-3-11(4-9-14)2-5-12-6-7-13(17)10-15(12)16(18)19/h3-4,6-10H,1H3,(H2,18,19). The van der Waals surface area contributed by atoms with E-state index < -0.39 is 11.7 Å². The van der Waals surface area contributed by atoms with E-state index in [0.29, 0.717) is 5.56 Å². The average molecular weight is 269 g/mol. The molecule has 0 saturated carbocycles. The Morgan fingerprint density at radius 2 is 1.85 bits per heavy atom. The van der Waals surface area contributed by atoms with E-state index in [1.54, 1.807) is 31.4 Å². The fourth-order valence-corrected chi connectivity index (χ4v) is 1.64.